The molecule has 2 saturated heterocycles. The number of ether oxygens (including phenoxy) is 2. The van der Waals surface area contributed by atoms with E-state index in [4.69, 9.17) is 19.7 Å². The molecule has 25 N–H and O–H groups in total. The normalized spacial score (nSPS) is 24.0. The molecule has 16 unspecified atom stereocenters. The maximum atomic E-state index is 12.3. The minimum atomic E-state index is -1.92. The summed E-state index contributed by atoms with van der Waals surface area (Å²) in [4.78, 5) is 60.6. The van der Waals surface area contributed by atoms with E-state index >= 15 is 0 Å². The molecule has 2 heterocycles. The van der Waals surface area contributed by atoms with Crippen molar-refractivity contribution in [3.63, 3.8) is 0 Å². The van der Waals surface area contributed by atoms with Gasteiger partial charge in [-0.3, -0.25) is 29.3 Å². The van der Waals surface area contributed by atoms with Crippen LogP contribution < -0.4 is 42.5 Å². The highest BCUT2D eigenvalue weighted by atomic mass is 16.7. The van der Waals surface area contributed by atoms with Crippen LogP contribution >= 0.6 is 0 Å². The maximum absolute atomic E-state index is 12.3. The van der Waals surface area contributed by atoms with Gasteiger partial charge >= 0.3 is 0 Å². The number of hydrogen-bond acceptors (Lipinski definition) is 32. The molecule has 618 valence electrons. The zero-order valence-corrected chi connectivity index (χ0v) is 65.3. The molecule has 32 heteroatoms. The van der Waals surface area contributed by atoms with Crippen LogP contribution in [0.15, 0.2) is 0 Å². The Hall–Kier alpha value is -2.73. The monoisotopic (exact) mass is 1510 g/mol. The molecule has 32 nitrogen and oxygen atoms in total. The number of hydrogen-bond donors (Lipinski definition) is 25. The van der Waals surface area contributed by atoms with Gasteiger partial charge in [0.1, 0.15) is 85.6 Å². The smallest absolute Gasteiger partial charge is 0.207 e. The maximum Gasteiger partial charge on any atom is 0.207 e. The Labute approximate surface area is 619 Å². The van der Waals surface area contributed by atoms with Gasteiger partial charge < -0.3 is 134 Å². The van der Waals surface area contributed by atoms with E-state index in [1.807, 2.05) is 111 Å². The van der Waals surface area contributed by atoms with Gasteiger partial charge in [0.25, 0.3) is 0 Å². The molecule has 0 amide bonds. The van der Waals surface area contributed by atoms with E-state index in [9.17, 15) is 101 Å². The lowest BCUT2D eigenvalue weighted by Crippen LogP contribution is -2.64. The molecule has 2 aliphatic heterocycles. The Kier molecular flexibility index (Phi) is 56.1. The molecule has 20 atom stereocenters. The minimum absolute atomic E-state index is 0.00895. The van der Waals surface area contributed by atoms with E-state index in [1.165, 1.54) is 0 Å². The van der Waals surface area contributed by atoms with Gasteiger partial charge in [0, 0.05) is 54.4 Å². The van der Waals surface area contributed by atoms with Gasteiger partial charge in [0.15, 0.2) is 28.9 Å². The van der Waals surface area contributed by atoms with Gasteiger partial charge in [0.05, 0.1) is 69.8 Å². The summed E-state index contributed by atoms with van der Waals surface area (Å²) in [6.07, 6.45) is -11.6. The number of carbonyl (C=O) groups excluding carboxylic acids is 5. The van der Waals surface area contributed by atoms with E-state index in [-0.39, 0.29) is 121 Å². The Morgan fingerprint density at radius 1 is 0.433 bits per heavy atom. The van der Waals surface area contributed by atoms with Crippen molar-refractivity contribution < 1.29 is 120 Å². The number of rotatable bonds is 52. The van der Waals surface area contributed by atoms with Crippen LogP contribution in [0.2, 0.25) is 0 Å². The van der Waals surface area contributed by atoms with Crippen molar-refractivity contribution in [2.24, 2.45) is 23.7 Å². The first kappa shape index (κ1) is 103. The SMILES string of the molecule is CC(C)N[C@@H](CCCCNC1OC(CO)C(O)C(O)C1O)C(=O)C(C)C.CC(C)N[C@@H](CCCCNCC(=O)C(O)C(O)C(O)CO)C(=O)C(C)C.CC(C)N[C@@H](CCCCNCC(O)C(O)C(O)C(O)CO)C(=O)C(C)C.CC(C)N[C@@H](CCCCNCC1(O)OCC(O)C(O)C1O)C(=O)C(C)C. The van der Waals surface area contributed by atoms with Crippen molar-refractivity contribution in [3.8, 4) is 0 Å². The number of aliphatic hydroxyl groups excluding tert-OH is 16. The lowest BCUT2D eigenvalue weighted by atomic mass is 9.96. The second-order valence-corrected chi connectivity index (χ2v) is 30.1. The minimum Gasteiger partial charge on any atom is -0.394 e. The number of nitrogens with one attached hydrogen (secondary N) is 8. The van der Waals surface area contributed by atoms with Crippen LogP contribution in [0, 0.1) is 23.7 Å². The van der Waals surface area contributed by atoms with Crippen molar-refractivity contribution in [1.29, 1.82) is 0 Å². The van der Waals surface area contributed by atoms with Gasteiger partial charge in [-0.05, 0) is 77.5 Å². The Morgan fingerprint density at radius 3 is 1.15 bits per heavy atom. The summed E-state index contributed by atoms with van der Waals surface area (Å²) in [7, 11) is 0. The summed E-state index contributed by atoms with van der Waals surface area (Å²) >= 11 is 0. The van der Waals surface area contributed by atoms with E-state index in [0.29, 0.717) is 26.2 Å². The topological polar surface area (TPSA) is 544 Å². The summed E-state index contributed by atoms with van der Waals surface area (Å²) in [6, 6.07) is 0.281. The largest absolute Gasteiger partial charge is 0.394 e. The summed E-state index contributed by atoms with van der Waals surface area (Å²) in [5.41, 5.74) is 0. The Bertz CT molecular complexity index is 2240. The van der Waals surface area contributed by atoms with Gasteiger partial charge in [-0.2, -0.15) is 0 Å². The summed E-state index contributed by atoms with van der Waals surface area (Å²) in [5.74, 6) is -1.81. The highest BCUT2D eigenvalue weighted by Gasteiger charge is 2.48. The predicted molar refractivity (Wildman–Crippen MR) is 394 cm³/mol. The molecule has 0 spiro atoms. The van der Waals surface area contributed by atoms with Crippen molar-refractivity contribution >= 4 is 28.9 Å². The molecular weight excluding hydrogens is 1360 g/mol. The highest BCUT2D eigenvalue weighted by Crippen LogP contribution is 2.24. The third-order valence-electron chi connectivity index (χ3n) is 17.5. The van der Waals surface area contributed by atoms with Crippen LogP contribution in [0.4, 0.5) is 0 Å². The molecule has 104 heavy (non-hydrogen) atoms. The second-order valence-electron chi connectivity index (χ2n) is 30.1. The fraction of sp³-hybridized carbons (Fsp3) is 0.931. The van der Waals surface area contributed by atoms with E-state index in [0.717, 1.165) is 77.0 Å². The molecule has 0 saturated carbocycles. The third kappa shape index (κ3) is 41.9. The van der Waals surface area contributed by atoms with Crippen LogP contribution in [-0.4, -0.2) is 334 Å². The van der Waals surface area contributed by atoms with E-state index in [2.05, 4.69) is 42.5 Å². The highest BCUT2D eigenvalue weighted by molar-refractivity contribution is 5.87. The fourth-order valence-corrected chi connectivity index (χ4v) is 11.3. The molecule has 0 aliphatic carbocycles. The number of unbranched alkanes of at least 4 members (excludes halogenated alkanes) is 4. The van der Waals surface area contributed by atoms with E-state index < -0.39 is 123 Å². The zero-order chi connectivity index (χ0) is 80.3. The average molecular weight is 1510 g/mol. The molecule has 0 aromatic heterocycles. The van der Waals surface area contributed by atoms with Crippen LogP contribution in [0.1, 0.15) is 188 Å². The molecule has 2 rings (SSSR count). The molecule has 0 bridgehead atoms. The van der Waals surface area contributed by atoms with E-state index in [1.54, 1.807) is 0 Å². The van der Waals surface area contributed by atoms with Crippen molar-refractivity contribution in [3.05, 3.63) is 0 Å². The predicted octanol–water partition coefficient (Wildman–Crippen LogP) is -3.97. The van der Waals surface area contributed by atoms with Crippen molar-refractivity contribution in [2.45, 2.75) is 334 Å². The second kappa shape index (κ2) is 56.5. The first-order chi connectivity index (χ1) is 48.5. The Balaban J connectivity index is 0. The summed E-state index contributed by atoms with van der Waals surface area (Å²) in [5, 5.41) is 187. The molecule has 0 radical (unpaired) electrons. The lowest BCUT2D eigenvalue weighted by Gasteiger charge is -2.41. The molecule has 2 fully saturated rings. The number of ketones is 5. The molecule has 2 aliphatic rings. The van der Waals surface area contributed by atoms with Gasteiger partial charge in [-0.15, -0.1) is 0 Å². The van der Waals surface area contributed by atoms with Gasteiger partial charge in [-0.25, -0.2) is 0 Å². The molecule has 0 aromatic rings. The first-order valence-corrected chi connectivity index (χ1v) is 37.8. The number of aliphatic hydroxyl groups is 17. The molecular formula is C72H146N8O24. The third-order valence-corrected chi connectivity index (χ3v) is 17.5. The first-order valence-electron chi connectivity index (χ1n) is 37.8. The van der Waals surface area contributed by atoms with Crippen LogP contribution in [0.25, 0.3) is 0 Å². The Morgan fingerprint density at radius 2 is 0.788 bits per heavy atom. The fourth-order valence-electron chi connectivity index (χ4n) is 11.3. The molecule has 0 aromatic carbocycles. The van der Waals surface area contributed by atoms with Gasteiger partial charge in [-0.1, -0.05) is 136 Å². The van der Waals surface area contributed by atoms with Crippen LogP contribution in [0.3, 0.4) is 0 Å². The standard InChI is InChI=1S/2C18H36N2O6.C18H38N2O6.C18H36N2O6/c1-11(2)15(22)13(20-12(3)4)7-5-6-8-19-10-18(25)17(24)16(23)14(21)9-26-18;1-10(2)14(22)12(20-11(3)4)7-5-6-8-19-18-17(25)16(24)15(23)13(9-21)26-18;2*1-11(2)16(24)13(20-12(3)4)7-5-6-8-19-9-14(22)17(25)18(26)15(23)10-21/h11-14,16-17,19-21,23-25H,5-10H2,1-4H3;10-13,15-21,23-25H,5-9H2,1-4H3;11-15,17-23,25-26H,5-10H2,1-4H3;11-13,15,17-21,23,25-26H,5-10H2,1-4H3/t13-,14?,16?,17?,18?;12-,13?,15?,16?,17?,18?;13-,14?,15?,17?,18?;13-,15?,17?,18?/m0000/s1. The zero-order valence-electron chi connectivity index (χ0n) is 65.3. The van der Waals surface area contributed by atoms with Crippen LogP contribution in [-0.2, 0) is 33.4 Å². The van der Waals surface area contributed by atoms with Gasteiger partial charge in [0.2, 0.25) is 5.79 Å². The lowest BCUT2D eigenvalue weighted by molar-refractivity contribution is -0.317. The number of carbonyl (C=O) groups is 5. The van der Waals surface area contributed by atoms with Crippen molar-refractivity contribution in [1.82, 2.24) is 42.5 Å². The number of Topliss-reactive ketones (excluding diaryl/α,β-unsaturated/α-hetero) is 5. The summed E-state index contributed by atoms with van der Waals surface area (Å²) < 4.78 is 10.5. The van der Waals surface area contributed by atoms with Crippen LogP contribution in [0.5, 0.6) is 0 Å². The van der Waals surface area contributed by atoms with Crippen molar-refractivity contribution in [2.75, 3.05) is 72.2 Å². The average Bonchev–Trinajstić information content (AvgIpc) is 0.816. The quantitative estimate of drug-likeness (QED) is 0.0258. The summed E-state index contributed by atoms with van der Waals surface area (Å²) in [6.45, 7) is 31.2.